The Bertz CT molecular complexity index is 593. The van der Waals surface area contributed by atoms with Crippen molar-refractivity contribution in [2.45, 2.75) is 13.8 Å². The maximum absolute atomic E-state index is 12.3. The molecule has 0 saturated heterocycles. The van der Waals surface area contributed by atoms with E-state index < -0.39 is 0 Å². The molecule has 0 fully saturated rings. The van der Waals surface area contributed by atoms with Gasteiger partial charge in [-0.15, -0.1) is 0 Å². The maximum Gasteiger partial charge on any atom is 0.189 e. The first kappa shape index (κ1) is 13.9. The molecule has 0 unspecified atom stereocenters. The molecular weight excluding hydrogens is 248 g/mol. The Hall–Kier alpha value is -2.48. The third kappa shape index (κ3) is 2.91. The molecule has 20 heavy (non-hydrogen) atoms. The van der Waals surface area contributed by atoms with Crippen molar-refractivity contribution in [1.29, 1.82) is 0 Å². The van der Waals surface area contributed by atoms with E-state index in [1.807, 2.05) is 36.4 Å². The predicted molar refractivity (Wildman–Crippen MR) is 79.9 cm³/mol. The Kier molecular flexibility index (Phi) is 4.26. The summed E-state index contributed by atoms with van der Waals surface area (Å²) in [4.78, 5) is 24.6. The fourth-order valence-electron chi connectivity index (χ4n) is 1.95. The molecule has 2 aromatic rings. The molecule has 0 atom stereocenters. The van der Waals surface area contributed by atoms with Crippen molar-refractivity contribution in [1.82, 2.24) is 0 Å². The molecule has 0 saturated carbocycles. The molecule has 0 spiro atoms. The van der Waals surface area contributed by atoms with Crippen LogP contribution in [0.5, 0.6) is 0 Å². The normalized spacial score (nSPS) is 11.7. The van der Waals surface area contributed by atoms with E-state index in [1.54, 1.807) is 38.1 Å². The molecule has 0 aliphatic carbocycles. The first-order valence-corrected chi connectivity index (χ1v) is 6.48. The fourth-order valence-corrected chi connectivity index (χ4v) is 1.95. The fraction of sp³-hybridized carbons (Fsp3) is 0.111. The Labute approximate surface area is 118 Å². The van der Waals surface area contributed by atoms with Crippen molar-refractivity contribution in [2.75, 3.05) is 0 Å². The van der Waals surface area contributed by atoms with Gasteiger partial charge in [-0.05, 0) is 13.8 Å². The van der Waals surface area contributed by atoms with Gasteiger partial charge in [-0.25, -0.2) is 0 Å². The highest BCUT2D eigenvalue weighted by Crippen LogP contribution is 2.16. The van der Waals surface area contributed by atoms with Gasteiger partial charge in [0.25, 0.3) is 0 Å². The summed E-state index contributed by atoms with van der Waals surface area (Å²) in [6.45, 7) is 3.40. The van der Waals surface area contributed by atoms with E-state index in [9.17, 15) is 9.59 Å². The van der Waals surface area contributed by atoms with E-state index in [4.69, 9.17) is 0 Å². The van der Waals surface area contributed by atoms with E-state index in [0.717, 1.165) is 0 Å². The highest BCUT2D eigenvalue weighted by molar-refractivity contribution is 6.17. The molecule has 0 radical (unpaired) electrons. The molecule has 2 aromatic carbocycles. The molecule has 0 N–H and O–H groups in total. The molecular formula is C18H16O2. The number of hydrogen-bond acceptors (Lipinski definition) is 2. The van der Waals surface area contributed by atoms with Gasteiger partial charge in [0.05, 0.1) is 0 Å². The lowest BCUT2D eigenvalue weighted by Gasteiger charge is -2.07. The summed E-state index contributed by atoms with van der Waals surface area (Å²) in [7, 11) is 0. The maximum atomic E-state index is 12.3. The van der Waals surface area contributed by atoms with Crippen molar-refractivity contribution < 1.29 is 9.59 Å². The van der Waals surface area contributed by atoms with Crippen LogP contribution in [0.3, 0.4) is 0 Å². The van der Waals surface area contributed by atoms with Crippen molar-refractivity contribution >= 4 is 11.6 Å². The first-order chi connectivity index (χ1) is 9.61. The molecule has 0 amide bonds. The van der Waals surface area contributed by atoms with Gasteiger partial charge in [-0.3, -0.25) is 9.59 Å². The van der Waals surface area contributed by atoms with Gasteiger partial charge in [-0.2, -0.15) is 0 Å². The zero-order valence-corrected chi connectivity index (χ0v) is 11.6. The third-order valence-electron chi connectivity index (χ3n) is 3.32. The summed E-state index contributed by atoms with van der Waals surface area (Å²) in [5, 5.41) is 0. The zero-order chi connectivity index (χ0) is 14.5. The highest BCUT2D eigenvalue weighted by atomic mass is 16.1. The number of Topliss-reactive ketones (excluding diaryl/α,β-unsaturated/α-hetero) is 2. The number of hydrogen-bond donors (Lipinski definition) is 0. The smallest absolute Gasteiger partial charge is 0.189 e. The minimum Gasteiger partial charge on any atom is -0.289 e. The van der Waals surface area contributed by atoms with Gasteiger partial charge in [0, 0.05) is 22.3 Å². The second-order valence-corrected chi connectivity index (χ2v) is 4.64. The third-order valence-corrected chi connectivity index (χ3v) is 3.32. The summed E-state index contributed by atoms with van der Waals surface area (Å²) >= 11 is 0. The average molecular weight is 264 g/mol. The average Bonchev–Trinajstić information content (AvgIpc) is 2.53. The molecule has 100 valence electrons. The quantitative estimate of drug-likeness (QED) is 0.615. The van der Waals surface area contributed by atoms with E-state index in [-0.39, 0.29) is 11.6 Å². The molecule has 2 rings (SSSR count). The van der Waals surface area contributed by atoms with Gasteiger partial charge >= 0.3 is 0 Å². The molecule has 0 aliphatic rings. The van der Waals surface area contributed by atoms with Gasteiger partial charge in [0.15, 0.2) is 11.6 Å². The van der Waals surface area contributed by atoms with Crippen LogP contribution in [-0.2, 0) is 0 Å². The first-order valence-electron chi connectivity index (χ1n) is 6.48. The number of rotatable bonds is 4. The SMILES string of the molecule is C/C(C(=O)c1ccccc1)=C(\C)C(=O)c1ccccc1. The second kappa shape index (κ2) is 6.11. The number of benzene rings is 2. The molecule has 2 nitrogen and oxygen atoms in total. The minimum absolute atomic E-state index is 0.104. The molecule has 0 aromatic heterocycles. The van der Waals surface area contributed by atoms with Crippen LogP contribution < -0.4 is 0 Å². The monoisotopic (exact) mass is 264 g/mol. The van der Waals surface area contributed by atoms with Crippen LogP contribution in [0.1, 0.15) is 34.6 Å². The summed E-state index contributed by atoms with van der Waals surface area (Å²) in [6, 6.07) is 18.0. The molecule has 0 bridgehead atoms. The number of carbonyl (C=O) groups excluding carboxylic acids is 2. The molecule has 2 heteroatoms. The standard InChI is InChI=1S/C18H16O2/c1-13(17(19)15-9-5-3-6-10-15)14(2)18(20)16-11-7-4-8-12-16/h3-12H,1-2H3/b14-13-. The van der Waals surface area contributed by atoms with E-state index in [0.29, 0.717) is 22.3 Å². The van der Waals surface area contributed by atoms with Crippen molar-refractivity contribution in [3.63, 3.8) is 0 Å². The number of allylic oxidation sites excluding steroid dienone is 2. The van der Waals surface area contributed by atoms with E-state index in [2.05, 4.69) is 0 Å². The van der Waals surface area contributed by atoms with Crippen LogP contribution >= 0.6 is 0 Å². The number of carbonyl (C=O) groups is 2. The molecule has 0 heterocycles. The molecule has 0 aliphatic heterocycles. The van der Waals surface area contributed by atoms with Crippen LogP contribution in [0.2, 0.25) is 0 Å². The predicted octanol–water partition coefficient (Wildman–Crippen LogP) is 4.09. The van der Waals surface area contributed by atoms with Crippen LogP contribution in [0.4, 0.5) is 0 Å². The highest BCUT2D eigenvalue weighted by Gasteiger charge is 2.16. The Morgan fingerprint density at radius 3 is 1.20 bits per heavy atom. The summed E-state index contributed by atoms with van der Waals surface area (Å²) < 4.78 is 0. The summed E-state index contributed by atoms with van der Waals surface area (Å²) in [5.41, 5.74) is 2.19. The Morgan fingerprint density at radius 1 is 0.600 bits per heavy atom. The van der Waals surface area contributed by atoms with Crippen molar-refractivity contribution in [3.05, 3.63) is 82.9 Å². The van der Waals surface area contributed by atoms with Gasteiger partial charge in [0.2, 0.25) is 0 Å². The van der Waals surface area contributed by atoms with Crippen molar-refractivity contribution in [3.8, 4) is 0 Å². The van der Waals surface area contributed by atoms with E-state index >= 15 is 0 Å². The Balaban J connectivity index is 2.32. The largest absolute Gasteiger partial charge is 0.289 e. The van der Waals surface area contributed by atoms with E-state index in [1.165, 1.54) is 0 Å². The van der Waals surface area contributed by atoms with Crippen LogP contribution in [0.25, 0.3) is 0 Å². The summed E-state index contributed by atoms with van der Waals surface area (Å²) in [5.74, 6) is -0.209. The van der Waals surface area contributed by atoms with Crippen LogP contribution in [0.15, 0.2) is 71.8 Å². The second-order valence-electron chi connectivity index (χ2n) is 4.64. The minimum atomic E-state index is -0.104. The zero-order valence-electron chi connectivity index (χ0n) is 11.6. The van der Waals surface area contributed by atoms with Crippen LogP contribution in [-0.4, -0.2) is 11.6 Å². The Morgan fingerprint density at radius 2 is 0.900 bits per heavy atom. The topological polar surface area (TPSA) is 34.1 Å². The van der Waals surface area contributed by atoms with Crippen molar-refractivity contribution in [2.24, 2.45) is 0 Å². The van der Waals surface area contributed by atoms with Gasteiger partial charge in [-0.1, -0.05) is 60.7 Å². The lowest BCUT2D eigenvalue weighted by molar-refractivity contribution is 0.0999. The van der Waals surface area contributed by atoms with Gasteiger partial charge < -0.3 is 0 Å². The van der Waals surface area contributed by atoms with Gasteiger partial charge in [0.1, 0.15) is 0 Å². The van der Waals surface area contributed by atoms with Crippen LogP contribution in [0, 0.1) is 0 Å². The lowest BCUT2D eigenvalue weighted by atomic mass is 9.95. The number of ketones is 2. The summed E-state index contributed by atoms with van der Waals surface area (Å²) in [6.07, 6.45) is 0. The lowest BCUT2D eigenvalue weighted by Crippen LogP contribution is -2.09.